The van der Waals surface area contributed by atoms with Crippen molar-refractivity contribution in [1.29, 1.82) is 0 Å². The van der Waals surface area contributed by atoms with Gasteiger partial charge in [0, 0.05) is 17.9 Å². The van der Waals surface area contributed by atoms with Gasteiger partial charge in [-0.3, -0.25) is 19.6 Å². The molecule has 2 N–H and O–H groups in total. The summed E-state index contributed by atoms with van der Waals surface area (Å²) in [5.41, 5.74) is 0.556. The van der Waals surface area contributed by atoms with Gasteiger partial charge in [-0.25, -0.2) is 4.79 Å². The molecule has 2 amide bonds. The Morgan fingerprint density at radius 3 is 2.88 bits per heavy atom. The number of allylic oxidation sites excluding steroid dienone is 2. The highest BCUT2D eigenvalue weighted by Gasteiger charge is 2.42. The van der Waals surface area contributed by atoms with Crippen molar-refractivity contribution in [3.63, 3.8) is 0 Å². The van der Waals surface area contributed by atoms with E-state index >= 15 is 0 Å². The molecule has 0 fully saturated rings. The van der Waals surface area contributed by atoms with E-state index in [-0.39, 0.29) is 24.2 Å². The third-order valence-corrected chi connectivity index (χ3v) is 6.89. The van der Waals surface area contributed by atoms with Crippen LogP contribution in [0.2, 0.25) is 0 Å². The fourth-order valence-corrected chi connectivity index (χ4v) is 4.72. The Kier molecular flexibility index (Phi) is 8.21. The molecule has 0 unspecified atom stereocenters. The Bertz CT molecular complexity index is 896. The van der Waals surface area contributed by atoms with E-state index < -0.39 is 23.7 Å². The van der Waals surface area contributed by atoms with Gasteiger partial charge < -0.3 is 15.4 Å². The summed E-state index contributed by atoms with van der Waals surface area (Å²) in [7, 11) is 0. The first-order chi connectivity index (χ1) is 15.2. The lowest BCUT2D eigenvalue weighted by Gasteiger charge is -2.27. The number of aliphatic imine (C=N–C) groups is 2. The number of thiol groups is 1. The number of thioether (sulfide) groups is 1. The zero-order chi connectivity index (χ0) is 23.3. The Morgan fingerprint density at radius 1 is 1.38 bits per heavy atom. The number of nitrogens with zero attached hydrogens (tertiary/aromatic N) is 2. The molecule has 0 aromatic carbocycles. The Morgan fingerprint density at radius 2 is 2.16 bits per heavy atom. The van der Waals surface area contributed by atoms with Crippen molar-refractivity contribution in [3.05, 3.63) is 23.9 Å². The highest BCUT2D eigenvalue weighted by molar-refractivity contribution is 8.14. The lowest BCUT2D eigenvalue weighted by molar-refractivity contribution is -0.153. The summed E-state index contributed by atoms with van der Waals surface area (Å²) in [5.74, 6) is -0.242. The van der Waals surface area contributed by atoms with Crippen LogP contribution in [-0.4, -0.2) is 64.3 Å². The molecule has 3 aliphatic heterocycles. The van der Waals surface area contributed by atoms with E-state index in [1.165, 1.54) is 11.8 Å². The number of rotatable bonds is 4. The molecular weight excluding hydrogens is 448 g/mol. The number of fused-ring (bicyclic) bond motifs is 3. The largest absolute Gasteiger partial charge is 0.456 e. The molecule has 3 atom stereocenters. The normalized spacial score (nSPS) is 29.4. The minimum absolute atomic E-state index is 0.0125. The second-order valence-electron chi connectivity index (χ2n) is 8.54. The fourth-order valence-electron chi connectivity index (χ4n) is 3.41. The highest BCUT2D eigenvalue weighted by atomic mass is 32.2. The number of carbonyl (C=O) groups is 3. The molecule has 0 spiro atoms. The molecule has 10 heteroatoms. The van der Waals surface area contributed by atoms with Gasteiger partial charge in [-0.05, 0) is 31.1 Å². The number of cyclic esters (lactones) is 1. The first-order valence-corrected chi connectivity index (χ1v) is 12.4. The highest BCUT2D eigenvalue weighted by Crippen LogP contribution is 2.33. The molecule has 3 aliphatic rings. The maximum absolute atomic E-state index is 13.1. The van der Waals surface area contributed by atoms with E-state index in [1.807, 2.05) is 26.0 Å². The molecule has 8 nitrogen and oxygen atoms in total. The number of hydrogen-bond acceptors (Lipinski definition) is 8. The zero-order valence-electron chi connectivity index (χ0n) is 18.6. The van der Waals surface area contributed by atoms with Gasteiger partial charge in [0.1, 0.15) is 22.7 Å². The number of carbonyl (C=O) groups excluding carboxylic acids is 3. The van der Waals surface area contributed by atoms with Crippen LogP contribution in [0, 0.1) is 5.92 Å². The number of nitrogens with one attached hydrogen (secondary N) is 2. The van der Waals surface area contributed by atoms with Crippen molar-refractivity contribution in [2.24, 2.45) is 15.9 Å². The average Bonchev–Trinajstić information content (AvgIpc) is 3.37. The smallest absolute Gasteiger partial charge is 0.329 e. The van der Waals surface area contributed by atoms with Crippen LogP contribution in [0.4, 0.5) is 0 Å². The molecule has 0 saturated heterocycles. The molecule has 0 aromatic heterocycles. The van der Waals surface area contributed by atoms with Crippen LogP contribution in [0.25, 0.3) is 0 Å². The van der Waals surface area contributed by atoms with Crippen molar-refractivity contribution in [2.45, 2.75) is 57.7 Å². The molecule has 0 aromatic rings. The predicted octanol–water partition coefficient (Wildman–Crippen LogP) is 2.07. The summed E-state index contributed by atoms with van der Waals surface area (Å²) < 4.78 is 5.66. The van der Waals surface area contributed by atoms with Crippen molar-refractivity contribution in [2.75, 3.05) is 18.1 Å². The van der Waals surface area contributed by atoms with Gasteiger partial charge in [-0.15, -0.1) is 11.8 Å². The van der Waals surface area contributed by atoms with Crippen LogP contribution in [0.5, 0.6) is 0 Å². The second kappa shape index (κ2) is 10.7. The molecule has 0 saturated carbocycles. The number of amides is 2. The number of hydrogen-bond donors (Lipinski definition) is 3. The predicted molar refractivity (Wildman–Crippen MR) is 130 cm³/mol. The molecule has 32 heavy (non-hydrogen) atoms. The SMILES string of the molecule is CC(C)[C@@H]1NC(=O)[C@]2(C)CSC(=N2)C2=CCC(=N2)CNC(=O)C[C@@H](/C=C/CCS)OC1=O. The van der Waals surface area contributed by atoms with Crippen LogP contribution in [0.3, 0.4) is 0 Å². The van der Waals surface area contributed by atoms with E-state index in [4.69, 9.17) is 4.74 Å². The van der Waals surface area contributed by atoms with Crippen molar-refractivity contribution >= 4 is 52.9 Å². The van der Waals surface area contributed by atoms with Crippen molar-refractivity contribution in [1.82, 2.24) is 10.6 Å². The van der Waals surface area contributed by atoms with Gasteiger partial charge in [-0.2, -0.15) is 12.6 Å². The van der Waals surface area contributed by atoms with Crippen molar-refractivity contribution in [3.8, 4) is 0 Å². The first-order valence-electron chi connectivity index (χ1n) is 10.8. The molecular formula is C22H30N4O4S2. The third kappa shape index (κ3) is 6.04. The molecule has 174 valence electrons. The molecule has 3 heterocycles. The van der Waals surface area contributed by atoms with Crippen molar-refractivity contribution < 1.29 is 19.1 Å². The van der Waals surface area contributed by atoms with E-state index in [1.54, 1.807) is 13.0 Å². The van der Waals surface area contributed by atoms with E-state index in [0.717, 1.165) is 11.4 Å². The summed E-state index contributed by atoms with van der Waals surface area (Å²) in [6, 6.07) is -0.851. The maximum Gasteiger partial charge on any atom is 0.329 e. The Hall–Kier alpha value is -2.07. The topological polar surface area (TPSA) is 109 Å². The second-order valence-corrected chi connectivity index (χ2v) is 9.95. The molecule has 3 rings (SSSR count). The van der Waals surface area contributed by atoms with Crippen LogP contribution in [0.15, 0.2) is 33.9 Å². The minimum Gasteiger partial charge on any atom is -0.456 e. The molecule has 0 aliphatic carbocycles. The molecule has 4 bridgehead atoms. The number of ether oxygens (including phenoxy) is 1. The van der Waals surface area contributed by atoms with E-state index in [2.05, 4.69) is 33.2 Å². The lowest BCUT2D eigenvalue weighted by Crippen LogP contribution is -2.53. The van der Waals surface area contributed by atoms with E-state index in [0.29, 0.717) is 35.9 Å². The monoisotopic (exact) mass is 478 g/mol. The number of esters is 1. The Balaban J connectivity index is 1.89. The zero-order valence-corrected chi connectivity index (χ0v) is 20.3. The third-order valence-electron chi connectivity index (χ3n) is 5.35. The van der Waals surface area contributed by atoms with Gasteiger partial charge in [0.05, 0.1) is 18.7 Å². The standard InChI is InChI=1S/C22H30N4O4S2/c1-13(2)18-20(28)30-15(6-4-5-9-31)10-17(27)23-11-14-7-8-16(24-14)19-26-22(3,12-32-19)21(29)25-18/h4,6,8,13,15,18,31H,5,7,9-12H2,1-3H3,(H,23,27)(H,25,29)/b6-4+/t15-,18+,22+/m1/s1. The van der Waals surface area contributed by atoms with Crippen LogP contribution in [0.1, 0.15) is 40.0 Å². The van der Waals surface area contributed by atoms with Gasteiger partial charge in [0.2, 0.25) is 11.8 Å². The summed E-state index contributed by atoms with van der Waals surface area (Å²) in [5, 5.41) is 6.39. The quantitative estimate of drug-likeness (QED) is 0.326. The van der Waals surface area contributed by atoms with Crippen LogP contribution >= 0.6 is 24.4 Å². The average molecular weight is 479 g/mol. The van der Waals surface area contributed by atoms with E-state index in [9.17, 15) is 14.4 Å². The summed E-state index contributed by atoms with van der Waals surface area (Å²) in [4.78, 5) is 47.8. The van der Waals surface area contributed by atoms with Crippen LogP contribution in [-0.2, 0) is 19.1 Å². The van der Waals surface area contributed by atoms with Gasteiger partial charge in [0.25, 0.3) is 0 Å². The minimum atomic E-state index is -0.996. The van der Waals surface area contributed by atoms with Gasteiger partial charge in [0.15, 0.2) is 0 Å². The van der Waals surface area contributed by atoms with Gasteiger partial charge in [-0.1, -0.05) is 26.0 Å². The maximum atomic E-state index is 13.1. The van der Waals surface area contributed by atoms with Gasteiger partial charge >= 0.3 is 5.97 Å². The molecule has 0 radical (unpaired) electrons. The summed E-state index contributed by atoms with van der Waals surface area (Å²) in [6.07, 6.45) is 6.05. The Labute approximate surface area is 198 Å². The summed E-state index contributed by atoms with van der Waals surface area (Å²) in [6.45, 7) is 5.74. The first kappa shape index (κ1) is 24.6. The summed E-state index contributed by atoms with van der Waals surface area (Å²) >= 11 is 5.65. The van der Waals surface area contributed by atoms with Crippen LogP contribution < -0.4 is 10.6 Å². The fraction of sp³-hybridized carbons (Fsp3) is 0.591. The lowest BCUT2D eigenvalue weighted by atomic mass is 10.0.